The number of carbonyl (C=O) groups excluding carboxylic acids is 2. The number of para-hydroxylation sites is 1. The molecule has 0 atom stereocenters. The predicted molar refractivity (Wildman–Crippen MR) is 99.7 cm³/mol. The van der Waals surface area contributed by atoms with Crippen LogP contribution in [-0.4, -0.2) is 24.0 Å². The van der Waals surface area contributed by atoms with Crippen LogP contribution in [0.4, 0.5) is 15.8 Å². The van der Waals surface area contributed by atoms with E-state index in [1.807, 2.05) is 26.0 Å². The number of amides is 2. The number of anilines is 2. The Morgan fingerprint density at radius 2 is 2.00 bits per heavy atom. The van der Waals surface area contributed by atoms with Crippen LogP contribution < -0.4 is 20.1 Å². The molecule has 2 amide bonds. The Hall–Kier alpha value is -3.09. The van der Waals surface area contributed by atoms with Gasteiger partial charge in [-0.1, -0.05) is 12.1 Å². The number of halogens is 1. The van der Waals surface area contributed by atoms with Crippen molar-refractivity contribution in [1.82, 2.24) is 0 Å². The summed E-state index contributed by atoms with van der Waals surface area (Å²) in [4.78, 5) is 23.3. The van der Waals surface area contributed by atoms with Crippen molar-refractivity contribution < 1.29 is 23.5 Å². The van der Waals surface area contributed by atoms with Gasteiger partial charge in [-0.25, -0.2) is 4.39 Å². The van der Waals surface area contributed by atoms with E-state index in [-0.39, 0.29) is 17.9 Å². The van der Waals surface area contributed by atoms with Gasteiger partial charge in [0.05, 0.1) is 5.69 Å². The molecule has 0 aromatic heterocycles. The molecular formula is C20H21FN2O4. The number of carbonyl (C=O) groups is 2. The second-order valence-corrected chi connectivity index (χ2v) is 7.00. The van der Waals surface area contributed by atoms with Crippen molar-refractivity contribution in [2.24, 2.45) is 0 Å². The first-order valence-corrected chi connectivity index (χ1v) is 8.54. The average Bonchev–Trinajstić information content (AvgIpc) is 2.90. The van der Waals surface area contributed by atoms with Crippen molar-refractivity contribution in [3.63, 3.8) is 0 Å². The molecule has 1 aliphatic heterocycles. The van der Waals surface area contributed by atoms with Gasteiger partial charge in [-0.15, -0.1) is 0 Å². The molecule has 0 bridgehead atoms. The molecule has 2 aromatic rings. The van der Waals surface area contributed by atoms with E-state index in [0.717, 1.165) is 12.0 Å². The third kappa shape index (κ3) is 4.55. The number of fused-ring (bicyclic) bond motifs is 1. The Balaban J connectivity index is 1.63. The van der Waals surface area contributed by atoms with Crippen LogP contribution in [0.15, 0.2) is 36.4 Å². The van der Waals surface area contributed by atoms with Crippen LogP contribution in [0, 0.1) is 5.82 Å². The summed E-state index contributed by atoms with van der Waals surface area (Å²) in [6.45, 7) is 5.03. The van der Waals surface area contributed by atoms with Crippen LogP contribution in [0.1, 0.15) is 26.3 Å². The number of hydrogen-bond acceptors (Lipinski definition) is 4. The highest BCUT2D eigenvalue weighted by molar-refractivity contribution is 5.94. The van der Waals surface area contributed by atoms with Gasteiger partial charge in [-0.05, 0) is 38.1 Å². The zero-order chi connectivity index (χ0) is 19.6. The van der Waals surface area contributed by atoms with Gasteiger partial charge >= 0.3 is 0 Å². The van der Waals surface area contributed by atoms with E-state index >= 15 is 0 Å². The Bertz CT molecular complexity index is 896. The standard InChI is InChI=1S/C20H21FN2O4/c1-12(24)22-16-9-14(7-8-15(16)21)23-18(25)11-26-17-6-4-5-13-10-20(2,3)27-19(13)17/h4-9H,10-11H2,1-3H3,(H,22,24)(H,23,25). The van der Waals surface area contributed by atoms with Crippen molar-refractivity contribution in [2.75, 3.05) is 17.2 Å². The number of nitrogens with one attached hydrogen (secondary N) is 2. The fraction of sp³-hybridized carbons (Fsp3) is 0.300. The van der Waals surface area contributed by atoms with Gasteiger partial charge in [-0.3, -0.25) is 9.59 Å². The summed E-state index contributed by atoms with van der Waals surface area (Å²) < 4.78 is 25.2. The summed E-state index contributed by atoms with van der Waals surface area (Å²) >= 11 is 0. The second-order valence-electron chi connectivity index (χ2n) is 7.00. The van der Waals surface area contributed by atoms with E-state index in [1.165, 1.54) is 25.1 Å². The van der Waals surface area contributed by atoms with Gasteiger partial charge < -0.3 is 20.1 Å². The minimum atomic E-state index is -0.584. The molecule has 0 unspecified atom stereocenters. The zero-order valence-electron chi connectivity index (χ0n) is 15.4. The molecule has 0 spiro atoms. The van der Waals surface area contributed by atoms with Crippen molar-refractivity contribution in [1.29, 1.82) is 0 Å². The fourth-order valence-electron chi connectivity index (χ4n) is 2.93. The van der Waals surface area contributed by atoms with Crippen LogP contribution in [0.2, 0.25) is 0 Å². The molecule has 142 valence electrons. The molecule has 6 nitrogen and oxygen atoms in total. The van der Waals surface area contributed by atoms with Crippen molar-refractivity contribution in [3.8, 4) is 11.5 Å². The quantitative estimate of drug-likeness (QED) is 0.842. The maximum Gasteiger partial charge on any atom is 0.262 e. The summed E-state index contributed by atoms with van der Waals surface area (Å²) in [5.74, 6) is -0.234. The number of hydrogen-bond donors (Lipinski definition) is 2. The van der Waals surface area contributed by atoms with Gasteiger partial charge in [-0.2, -0.15) is 0 Å². The van der Waals surface area contributed by atoms with Crippen molar-refractivity contribution in [2.45, 2.75) is 32.8 Å². The van der Waals surface area contributed by atoms with Crippen LogP contribution in [0.5, 0.6) is 11.5 Å². The van der Waals surface area contributed by atoms with Gasteiger partial charge in [0, 0.05) is 24.6 Å². The highest BCUT2D eigenvalue weighted by Gasteiger charge is 2.32. The van der Waals surface area contributed by atoms with E-state index in [9.17, 15) is 14.0 Å². The number of rotatable bonds is 5. The van der Waals surface area contributed by atoms with E-state index in [0.29, 0.717) is 17.2 Å². The monoisotopic (exact) mass is 372 g/mol. The van der Waals surface area contributed by atoms with E-state index in [1.54, 1.807) is 6.07 Å². The van der Waals surface area contributed by atoms with Crippen LogP contribution in [-0.2, 0) is 16.0 Å². The molecule has 0 aliphatic carbocycles. The molecule has 0 saturated heterocycles. The largest absolute Gasteiger partial charge is 0.483 e. The molecule has 0 radical (unpaired) electrons. The van der Waals surface area contributed by atoms with E-state index in [4.69, 9.17) is 9.47 Å². The first kappa shape index (κ1) is 18.7. The van der Waals surface area contributed by atoms with Gasteiger partial charge in [0.15, 0.2) is 18.1 Å². The zero-order valence-corrected chi connectivity index (χ0v) is 15.4. The third-order valence-corrected chi connectivity index (χ3v) is 3.97. The summed E-state index contributed by atoms with van der Waals surface area (Å²) in [6, 6.07) is 9.50. The second kappa shape index (κ2) is 7.26. The summed E-state index contributed by atoms with van der Waals surface area (Å²) in [6.07, 6.45) is 0.771. The number of benzene rings is 2. The van der Waals surface area contributed by atoms with E-state index < -0.39 is 17.6 Å². The highest BCUT2D eigenvalue weighted by Crippen LogP contribution is 2.41. The molecule has 1 aliphatic rings. The lowest BCUT2D eigenvalue weighted by Gasteiger charge is -2.18. The molecule has 7 heteroatoms. The minimum absolute atomic E-state index is 0.00210. The highest BCUT2D eigenvalue weighted by atomic mass is 19.1. The Morgan fingerprint density at radius 1 is 1.22 bits per heavy atom. The van der Waals surface area contributed by atoms with Crippen molar-refractivity contribution in [3.05, 3.63) is 47.8 Å². The first-order valence-electron chi connectivity index (χ1n) is 8.54. The topological polar surface area (TPSA) is 76.7 Å². The maximum atomic E-state index is 13.7. The molecular weight excluding hydrogens is 351 g/mol. The molecule has 2 N–H and O–H groups in total. The predicted octanol–water partition coefficient (Wildman–Crippen LogP) is 3.52. The van der Waals surface area contributed by atoms with E-state index in [2.05, 4.69) is 10.6 Å². The molecule has 3 rings (SSSR count). The molecule has 27 heavy (non-hydrogen) atoms. The van der Waals surface area contributed by atoms with Gasteiger partial charge in [0.1, 0.15) is 11.4 Å². The molecule has 2 aromatic carbocycles. The smallest absolute Gasteiger partial charge is 0.262 e. The maximum absolute atomic E-state index is 13.7. The van der Waals surface area contributed by atoms with Gasteiger partial charge in [0.2, 0.25) is 5.91 Å². The lowest BCUT2D eigenvalue weighted by Crippen LogP contribution is -2.25. The minimum Gasteiger partial charge on any atom is -0.483 e. The Kier molecular flexibility index (Phi) is 5.03. The van der Waals surface area contributed by atoms with Crippen LogP contribution >= 0.6 is 0 Å². The Labute approximate surface area is 156 Å². The summed E-state index contributed by atoms with van der Waals surface area (Å²) in [5.41, 5.74) is 1.08. The molecule has 0 saturated carbocycles. The lowest BCUT2D eigenvalue weighted by molar-refractivity contribution is -0.118. The first-order chi connectivity index (χ1) is 12.7. The van der Waals surface area contributed by atoms with Crippen LogP contribution in [0.3, 0.4) is 0 Å². The van der Waals surface area contributed by atoms with Gasteiger partial charge in [0.25, 0.3) is 5.91 Å². The summed E-state index contributed by atoms with van der Waals surface area (Å²) in [5, 5.41) is 4.98. The molecule has 1 heterocycles. The van der Waals surface area contributed by atoms with Crippen molar-refractivity contribution >= 4 is 23.2 Å². The Morgan fingerprint density at radius 3 is 2.74 bits per heavy atom. The third-order valence-electron chi connectivity index (χ3n) is 3.97. The average molecular weight is 372 g/mol. The van der Waals surface area contributed by atoms with Crippen LogP contribution in [0.25, 0.3) is 0 Å². The molecule has 0 fully saturated rings. The summed E-state index contributed by atoms with van der Waals surface area (Å²) in [7, 11) is 0. The fourth-order valence-corrected chi connectivity index (χ4v) is 2.93. The number of ether oxygens (including phenoxy) is 2. The lowest BCUT2D eigenvalue weighted by atomic mass is 10.0. The normalized spacial score (nSPS) is 14.1. The SMILES string of the molecule is CC(=O)Nc1cc(NC(=O)COc2cccc3c2OC(C)(C)C3)ccc1F.